The van der Waals surface area contributed by atoms with Gasteiger partial charge < -0.3 is 10.5 Å². The molecule has 0 aromatic heterocycles. The number of benzene rings is 2. The standard InChI is InChI=1S/C18H23NO2/c1-2-21-18(20)10-6-5-9-17(19)16-12-11-14-7-3-4-8-15(14)13-16/h3-4,7-8,11-13,17H,2,5-6,9-10,19H2,1H3. The summed E-state index contributed by atoms with van der Waals surface area (Å²) < 4.78 is 4.91. The maximum Gasteiger partial charge on any atom is 0.305 e. The molecule has 112 valence electrons. The molecule has 0 fully saturated rings. The summed E-state index contributed by atoms with van der Waals surface area (Å²) in [6.07, 6.45) is 3.14. The Bertz CT molecular complexity index is 595. The van der Waals surface area contributed by atoms with E-state index in [1.54, 1.807) is 0 Å². The van der Waals surface area contributed by atoms with Crippen molar-refractivity contribution in [2.75, 3.05) is 6.61 Å². The van der Waals surface area contributed by atoms with E-state index in [0.29, 0.717) is 13.0 Å². The molecule has 2 aromatic carbocycles. The first kappa shape index (κ1) is 15.5. The third kappa shape index (κ3) is 4.57. The molecular formula is C18H23NO2. The lowest BCUT2D eigenvalue weighted by molar-refractivity contribution is -0.143. The SMILES string of the molecule is CCOC(=O)CCCCC(N)c1ccc2ccccc2c1. The molecule has 1 unspecified atom stereocenters. The first-order valence-electron chi connectivity index (χ1n) is 7.60. The van der Waals surface area contributed by atoms with Crippen molar-refractivity contribution < 1.29 is 9.53 Å². The fourth-order valence-electron chi connectivity index (χ4n) is 2.47. The Labute approximate surface area is 126 Å². The van der Waals surface area contributed by atoms with Gasteiger partial charge in [-0.3, -0.25) is 4.79 Å². The van der Waals surface area contributed by atoms with E-state index in [-0.39, 0.29) is 12.0 Å². The summed E-state index contributed by atoms with van der Waals surface area (Å²) in [5.74, 6) is -0.114. The van der Waals surface area contributed by atoms with Gasteiger partial charge in [-0.1, -0.05) is 42.8 Å². The van der Waals surface area contributed by atoms with Crippen LogP contribution in [0.25, 0.3) is 10.8 Å². The lowest BCUT2D eigenvalue weighted by Crippen LogP contribution is -2.10. The molecule has 0 bridgehead atoms. The highest BCUT2D eigenvalue weighted by Crippen LogP contribution is 2.22. The summed E-state index contributed by atoms with van der Waals surface area (Å²) >= 11 is 0. The van der Waals surface area contributed by atoms with Crippen LogP contribution in [0.4, 0.5) is 0 Å². The van der Waals surface area contributed by atoms with Gasteiger partial charge in [0.05, 0.1) is 6.61 Å². The number of carbonyl (C=O) groups is 1. The summed E-state index contributed by atoms with van der Waals surface area (Å²) in [6.45, 7) is 2.28. The van der Waals surface area contributed by atoms with Crippen molar-refractivity contribution in [3.63, 3.8) is 0 Å². The number of hydrogen-bond donors (Lipinski definition) is 1. The van der Waals surface area contributed by atoms with E-state index in [1.807, 2.05) is 19.1 Å². The van der Waals surface area contributed by atoms with Gasteiger partial charge in [0.25, 0.3) is 0 Å². The number of rotatable bonds is 7. The maximum atomic E-state index is 11.3. The molecule has 21 heavy (non-hydrogen) atoms. The molecular weight excluding hydrogens is 262 g/mol. The Hall–Kier alpha value is -1.87. The minimum atomic E-state index is -0.114. The topological polar surface area (TPSA) is 52.3 Å². The summed E-state index contributed by atoms with van der Waals surface area (Å²) in [4.78, 5) is 11.3. The van der Waals surface area contributed by atoms with E-state index in [2.05, 4.69) is 30.3 Å². The normalized spacial score (nSPS) is 12.3. The Kier molecular flexibility index (Phi) is 5.76. The van der Waals surface area contributed by atoms with E-state index >= 15 is 0 Å². The summed E-state index contributed by atoms with van der Waals surface area (Å²) in [5.41, 5.74) is 7.40. The van der Waals surface area contributed by atoms with Crippen LogP contribution in [0, 0.1) is 0 Å². The molecule has 0 saturated carbocycles. The van der Waals surface area contributed by atoms with Gasteiger partial charge in [0.1, 0.15) is 0 Å². The van der Waals surface area contributed by atoms with E-state index in [0.717, 1.165) is 24.8 Å². The highest BCUT2D eigenvalue weighted by molar-refractivity contribution is 5.83. The summed E-state index contributed by atoms with van der Waals surface area (Å²) in [7, 11) is 0. The molecule has 0 aliphatic heterocycles. The van der Waals surface area contributed by atoms with Crippen LogP contribution in [0.5, 0.6) is 0 Å². The average molecular weight is 285 g/mol. The Morgan fingerprint density at radius 2 is 1.90 bits per heavy atom. The molecule has 0 heterocycles. The second-order valence-electron chi connectivity index (χ2n) is 5.26. The quantitative estimate of drug-likeness (QED) is 0.618. The highest BCUT2D eigenvalue weighted by atomic mass is 16.5. The molecule has 0 saturated heterocycles. The van der Waals surface area contributed by atoms with Crippen LogP contribution in [-0.4, -0.2) is 12.6 Å². The number of nitrogens with two attached hydrogens (primary N) is 1. The summed E-state index contributed by atoms with van der Waals surface area (Å²) in [5, 5.41) is 2.45. The van der Waals surface area contributed by atoms with E-state index in [1.165, 1.54) is 10.8 Å². The molecule has 0 radical (unpaired) electrons. The molecule has 3 heteroatoms. The molecule has 2 aromatic rings. The van der Waals surface area contributed by atoms with Crippen LogP contribution >= 0.6 is 0 Å². The van der Waals surface area contributed by atoms with Crippen molar-refractivity contribution in [3.05, 3.63) is 48.0 Å². The number of carbonyl (C=O) groups excluding carboxylic acids is 1. The second kappa shape index (κ2) is 7.79. The largest absolute Gasteiger partial charge is 0.466 e. The summed E-state index contributed by atoms with van der Waals surface area (Å²) in [6, 6.07) is 14.7. The predicted molar refractivity (Wildman–Crippen MR) is 86.0 cm³/mol. The molecule has 0 amide bonds. The fraction of sp³-hybridized carbons (Fsp3) is 0.389. The molecule has 3 nitrogen and oxygen atoms in total. The molecule has 0 aliphatic rings. The van der Waals surface area contributed by atoms with E-state index < -0.39 is 0 Å². The first-order valence-corrected chi connectivity index (χ1v) is 7.60. The van der Waals surface area contributed by atoms with Gasteiger partial charge in [-0.05, 0) is 42.2 Å². The fourth-order valence-corrected chi connectivity index (χ4v) is 2.47. The monoisotopic (exact) mass is 285 g/mol. The third-order valence-corrected chi connectivity index (χ3v) is 3.65. The van der Waals surface area contributed by atoms with Crippen LogP contribution in [0.15, 0.2) is 42.5 Å². The minimum Gasteiger partial charge on any atom is -0.466 e. The number of fused-ring (bicyclic) bond motifs is 1. The van der Waals surface area contributed by atoms with Crippen molar-refractivity contribution in [3.8, 4) is 0 Å². The zero-order valence-corrected chi connectivity index (χ0v) is 12.5. The van der Waals surface area contributed by atoms with Crippen molar-refractivity contribution in [2.24, 2.45) is 5.73 Å². The molecule has 0 aliphatic carbocycles. The van der Waals surface area contributed by atoms with Gasteiger partial charge in [0.15, 0.2) is 0 Å². The molecule has 2 N–H and O–H groups in total. The third-order valence-electron chi connectivity index (χ3n) is 3.65. The highest BCUT2D eigenvalue weighted by Gasteiger charge is 2.08. The Balaban J connectivity index is 1.84. The van der Waals surface area contributed by atoms with Crippen molar-refractivity contribution in [1.29, 1.82) is 0 Å². The predicted octanol–water partition coefficient (Wildman–Crippen LogP) is 3.96. The minimum absolute atomic E-state index is 0.0248. The van der Waals surface area contributed by atoms with Gasteiger partial charge in [-0.25, -0.2) is 0 Å². The van der Waals surface area contributed by atoms with Gasteiger partial charge in [0, 0.05) is 12.5 Å². The zero-order valence-electron chi connectivity index (χ0n) is 12.5. The number of unbranched alkanes of at least 4 members (excludes halogenated alkanes) is 1. The van der Waals surface area contributed by atoms with E-state index in [9.17, 15) is 4.79 Å². The van der Waals surface area contributed by atoms with E-state index in [4.69, 9.17) is 10.5 Å². The number of hydrogen-bond acceptors (Lipinski definition) is 3. The van der Waals surface area contributed by atoms with Gasteiger partial charge >= 0.3 is 5.97 Å². The van der Waals surface area contributed by atoms with Crippen LogP contribution in [0.1, 0.15) is 44.2 Å². The Morgan fingerprint density at radius 3 is 2.67 bits per heavy atom. The lowest BCUT2D eigenvalue weighted by Gasteiger charge is -2.12. The number of esters is 1. The van der Waals surface area contributed by atoms with Gasteiger partial charge in [-0.2, -0.15) is 0 Å². The number of ether oxygens (including phenoxy) is 1. The van der Waals surface area contributed by atoms with Gasteiger partial charge in [-0.15, -0.1) is 0 Å². The smallest absolute Gasteiger partial charge is 0.305 e. The van der Waals surface area contributed by atoms with Crippen LogP contribution in [0.2, 0.25) is 0 Å². The van der Waals surface area contributed by atoms with Crippen LogP contribution in [-0.2, 0) is 9.53 Å². The molecule has 0 spiro atoms. The molecule has 2 rings (SSSR count). The van der Waals surface area contributed by atoms with Crippen LogP contribution in [0.3, 0.4) is 0 Å². The zero-order chi connectivity index (χ0) is 15.1. The Morgan fingerprint density at radius 1 is 1.14 bits per heavy atom. The average Bonchev–Trinajstić information content (AvgIpc) is 2.51. The van der Waals surface area contributed by atoms with Crippen molar-refractivity contribution >= 4 is 16.7 Å². The van der Waals surface area contributed by atoms with Crippen molar-refractivity contribution in [2.45, 2.75) is 38.6 Å². The lowest BCUT2D eigenvalue weighted by atomic mass is 9.98. The first-order chi connectivity index (χ1) is 10.2. The van der Waals surface area contributed by atoms with Crippen molar-refractivity contribution in [1.82, 2.24) is 0 Å². The second-order valence-corrected chi connectivity index (χ2v) is 5.26. The van der Waals surface area contributed by atoms with Crippen LogP contribution < -0.4 is 5.73 Å². The maximum absolute atomic E-state index is 11.3. The molecule has 1 atom stereocenters. The van der Waals surface area contributed by atoms with Gasteiger partial charge in [0.2, 0.25) is 0 Å².